The Kier molecular flexibility index (Phi) is 10.3. The molecule has 2 fully saturated rings. The monoisotopic (exact) mass is 392 g/mol. The second-order valence-corrected chi connectivity index (χ2v) is 9.60. The van der Waals surface area contributed by atoms with Crippen LogP contribution in [0.25, 0.3) is 0 Å². The quantitative estimate of drug-likeness (QED) is 0.649. The standard InChI is InChI=1S/C12H21NO2.C11H19NO/c1-12(2,3)11(14)5-4-6-13-7-9-15-10-8-13;1-11(2,3)10(13)6-4-7-12-8-5-9-12/h4-5H,6-10H2,1-3H3;4,6H,5,7-9H2,1-3H3/b5-4+;6-4+. The number of likely N-dealkylation sites (tertiary alicyclic amines) is 1. The maximum absolute atomic E-state index is 11.6. The van der Waals surface area contributed by atoms with Gasteiger partial charge in [-0.25, -0.2) is 0 Å². The van der Waals surface area contributed by atoms with Crippen molar-refractivity contribution in [3.63, 3.8) is 0 Å². The summed E-state index contributed by atoms with van der Waals surface area (Å²) in [5.41, 5.74) is -0.493. The molecule has 0 aromatic carbocycles. The van der Waals surface area contributed by atoms with Gasteiger partial charge < -0.3 is 4.74 Å². The first kappa shape index (κ1) is 24.7. The van der Waals surface area contributed by atoms with Crippen LogP contribution in [0.3, 0.4) is 0 Å². The predicted molar refractivity (Wildman–Crippen MR) is 116 cm³/mol. The van der Waals surface area contributed by atoms with Gasteiger partial charge in [-0.15, -0.1) is 0 Å². The molecule has 5 heteroatoms. The van der Waals surface area contributed by atoms with Crippen LogP contribution in [0.5, 0.6) is 0 Å². The molecular formula is C23H40N2O3. The topological polar surface area (TPSA) is 49.9 Å². The van der Waals surface area contributed by atoms with Crippen LogP contribution < -0.4 is 0 Å². The fraction of sp³-hybridized carbons (Fsp3) is 0.739. The molecule has 2 aliphatic rings. The molecule has 0 radical (unpaired) electrons. The molecule has 0 bridgehead atoms. The van der Waals surface area contributed by atoms with E-state index in [4.69, 9.17) is 4.74 Å². The van der Waals surface area contributed by atoms with E-state index in [1.807, 2.05) is 53.7 Å². The van der Waals surface area contributed by atoms with Gasteiger partial charge in [-0.3, -0.25) is 19.4 Å². The summed E-state index contributed by atoms with van der Waals surface area (Å²) in [6.07, 6.45) is 8.67. The zero-order chi connectivity index (χ0) is 21.2. The summed E-state index contributed by atoms with van der Waals surface area (Å²) in [5, 5.41) is 0. The molecule has 5 nitrogen and oxygen atoms in total. The summed E-state index contributed by atoms with van der Waals surface area (Å²) in [7, 11) is 0. The van der Waals surface area contributed by atoms with Crippen molar-refractivity contribution < 1.29 is 14.3 Å². The number of nitrogens with zero attached hydrogens (tertiary/aromatic N) is 2. The molecule has 0 aromatic rings. The number of morpholine rings is 1. The summed E-state index contributed by atoms with van der Waals surface area (Å²) >= 11 is 0. The van der Waals surface area contributed by atoms with E-state index in [-0.39, 0.29) is 22.4 Å². The second kappa shape index (κ2) is 11.6. The maximum Gasteiger partial charge on any atom is 0.160 e. The summed E-state index contributed by atoms with van der Waals surface area (Å²) < 4.78 is 5.25. The van der Waals surface area contributed by atoms with Crippen LogP contribution >= 0.6 is 0 Å². The Bertz CT molecular complexity index is 543. The van der Waals surface area contributed by atoms with Gasteiger partial charge in [0, 0.05) is 37.0 Å². The van der Waals surface area contributed by atoms with Crippen molar-refractivity contribution in [3.8, 4) is 0 Å². The molecule has 2 aliphatic heterocycles. The minimum absolute atomic E-state index is 0.191. The number of rotatable bonds is 6. The van der Waals surface area contributed by atoms with Gasteiger partial charge in [0.2, 0.25) is 0 Å². The van der Waals surface area contributed by atoms with Crippen molar-refractivity contribution in [2.24, 2.45) is 10.8 Å². The van der Waals surface area contributed by atoms with E-state index in [1.54, 1.807) is 12.2 Å². The summed E-state index contributed by atoms with van der Waals surface area (Å²) in [6.45, 7) is 19.4. The SMILES string of the molecule is CC(C)(C)C(=O)/C=C/CN1CCC1.CC(C)(C)C(=O)/C=C/CN1CCOCC1. The highest BCUT2D eigenvalue weighted by Gasteiger charge is 2.19. The van der Waals surface area contributed by atoms with Gasteiger partial charge in [-0.1, -0.05) is 53.7 Å². The maximum atomic E-state index is 11.6. The average molecular weight is 393 g/mol. The molecule has 2 rings (SSSR count). The smallest absolute Gasteiger partial charge is 0.160 e. The first-order valence-electron chi connectivity index (χ1n) is 10.4. The zero-order valence-electron chi connectivity index (χ0n) is 18.8. The lowest BCUT2D eigenvalue weighted by Gasteiger charge is -2.29. The molecule has 2 heterocycles. The molecule has 0 N–H and O–H groups in total. The molecule has 0 unspecified atom stereocenters. The lowest BCUT2D eigenvalue weighted by atomic mass is 9.90. The highest BCUT2D eigenvalue weighted by atomic mass is 16.5. The predicted octanol–water partition coefficient (Wildman–Crippen LogP) is 3.35. The minimum Gasteiger partial charge on any atom is -0.379 e. The van der Waals surface area contributed by atoms with Crippen LogP contribution in [0.15, 0.2) is 24.3 Å². The number of ether oxygens (including phenoxy) is 1. The van der Waals surface area contributed by atoms with E-state index < -0.39 is 0 Å². The third-order valence-corrected chi connectivity index (χ3v) is 4.80. The highest BCUT2D eigenvalue weighted by molar-refractivity contribution is 5.94. The fourth-order valence-corrected chi connectivity index (χ4v) is 2.47. The molecule has 0 amide bonds. The lowest BCUT2D eigenvalue weighted by molar-refractivity contribution is -0.122. The Hall–Kier alpha value is -1.30. The van der Waals surface area contributed by atoms with E-state index >= 15 is 0 Å². The van der Waals surface area contributed by atoms with Crippen LogP contribution in [0.4, 0.5) is 0 Å². The largest absolute Gasteiger partial charge is 0.379 e. The van der Waals surface area contributed by atoms with Crippen LogP contribution in [0.2, 0.25) is 0 Å². The molecular weight excluding hydrogens is 352 g/mol. The van der Waals surface area contributed by atoms with Crippen LogP contribution in [-0.4, -0.2) is 73.8 Å². The molecule has 0 aromatic heterocycles. The highest BCUT2D eigenvalue weighted by Crippen LogP contribution is 2.15. The van der Waals surface area contributed by atoms with Crippen molar-refractivity contribution in [1.29, 1.82) is 0 Å². The van der Waals surface area contributed by atoms with Crippen LogP contribution in [0.1, 0.15) is 48.0 Å². The molecule has 160 valence electrons. The zero-order valence-corrected chi connectivity index (χ0v) is 18.8. The van der Waals surface area contributed by atoms with Gasteiger partial charge in [0.25, 0.3) is 0 Å². The number of allylic oxidation sites excluding steroid dienone is 2. The number of ketones is 2. The summed E-state index contributed by atoms with van der Waals surface area (Å²) in [6, 6.07) is 0. The van der Waals surface area contributed by atoms with Crippen LogP contribution in [-0.2, 0) is 14.3 Å². The van der Waals surface area contributed by atoms with E-state index in [0.29, 0.717) is 0 Å². The lowest BCUT2D eigenvalue weighted by Crippen LogP contribution is -2.37. The van der Waals surface area contributed by atoms with Crippen molar-refractivity contribution in [2.45, 2.75) is 48.0 Å². The average Bonchev–Trinajstić information content (AvgIpc) is 2.56. The number of carbonyl (C=O) groups excluding carboxylic acids is 2. The van der Waals surface area contributed by atoms with Gasteiger partial charge in [0.1, 0.15) is 0 Å². The van der Waals surface area contributed by atoms with Crippen molar-refractivity contribution >= 4 is 11.6 Å². The van der Waals surface area contributed by atoms with E-state index in [1.165, 1.54) is 19.5 Å². The van der Waals surface area contributed by atoms with Crippen molar-refractivity contribution in [1.82, 2.24) is 9.80 Å². The van der Waals surface area contributed by atoms with Gasteiger partial charge >= 0.3 is 0 Å². The molecule has 0 saturated carbocycles. The van der Waals surface area contributed by atoms with Gasteiger partial charge in [-0.05, 0) is 31.7 Å². The van der Waals surface area contributed by atoms with Crippen molar-refractivity contribution in [3.05, 3.63) is 24.3 Å². The summed E-state index contributed by atoms with van der Waals surface area (Å²) in [4.78, 5) is 27.6. The first-order valence-corrected chi connectivity index (χ1v) is 10.4. The van der Waals surface area contributed by atoms with E-state index in [2.05, 4.69) is 9.80 Å². The van der Waals surface area contributed by atoms with E-state index in [0.717, 1.165) is 39.4 Å². The Labute approximate surface area is 171 Å². The Balaban J connectivity index is 0.000000283. The first-order chi connectivity index (χ1) is 13.0. The van der Waals surface area contributed by atoms with Gasteiger partial charge in [-0.2, -0.15) is 0 Å². The number of hydrogen-bond acceptors (Lipinski definition) is 5. The van der Waals surface area contributed by atoms with Gasteiger partial charge in [0.15, 0.2) is 11.6 Å². The molecule has 0 aliphatic carbocycles. The Morgan fingerprint density at radius 2 is 1.14 bits per heavy atom. The Morgan fingerprint density at radius 1 is 0.750 bits per heavy atom. The van der Waals surface area contributed by atoms with E-state index in [9.17, 15) is 9.59 Å². The second-order valence-electron chi connectivity index (χ2n) is 9.60. The molecule has 0 atom stereocenters. The Morgan fingerprint density at radius 3 is 1.46 bits per heavy atom. The summed E-state index contributed by atoms with van der Waals surface area (Å²) in [5.74, 6) is 0.406. The normalized spacial score (nSPS) is 19.4. The minimum atomic E-state index is -0.262. The third kappa shape index (κ3) is 10.3. The number of carbonyl (C=O) groups is 2. The third-order valence-electron chi connectivity index (χ3n) is 4.80. The molecule has 28 heavy (non-hydrogen) atoms. The number of hydrogen-bond donors (Lipinski definition) is 0. The van der Waals surface area contributed by atoms with Crippen molar-refractivity contribution in [2.75, 3.05) is 52.5 Å². The molecule has 0 spiro atoms. The molecule has 2 saturated heterocycles. The van der Waals surface area contributed by atoms with Crippen LogP contribution in [0, 0.1) is 10.8 Å². The fourth-order valence-electron chi connectivity index (χ4n) is 2.47. The van der Waals surface area contributed by atoms with Gasteiger partial charge in [0.05, 0.1) is 13.2 Å².